The molecule has 35 heavy (non-hydrogen) atoms. The molecule has 2 saturated heterocycles. The maximum Gasteiger partial charge on any atom is 0.325 e. The van der Waals surface area contributed by atoms with Crippen LogP contribution >= 0.6 is 0 Å². The van der Waals surface area contributed by atoms with Crippen molar-refractivity contribution in [2.45, 2.75) is 25.9 Å². The molecule has 3 aromatic carbocycles. The molecule has 0 saturated carbocycles. The molecule has 0 radical (unpaired) electrons. The Kier molecular flexibility index (Phi) is 6.03. The summed E-state index contributed by atoms with van der Waals surface area (Å²) in [6, 6.07) is 21.4. The lowest BCUT2D eigenvalue weighted by Gasteiger charge is -2.35. The van der Waals surface area contributed by atoms with Gasteiger partial charge in [0.1, 0.15) is 12.1 Å². The fraction of sp³-hybridized carbons (Fsp3) is 0.321. The number of rotatable bonds is 5. The standard InChI is InChI=1S/C28H30N4O3/c1-20-7-3-4-10-23(20)18-30-13-15-31(16-14-30)25(33)19-32-26(34)28(2,29-27(32)35)24-12-11-21-8-5-6-9-22(21)17-24/h3-12,17H,13-16,18-19H2,1-2H3,(H,29,35)/t28-/m1/s1. The van der Waals surface area contributed by atoms with Gasteiger partial charge in [-0.1, -0.05) is 60.7 Å². The van der Waals surface area contributed by atoms with Gasteiger partial charge in [0.15, 0.2) is 0 Å². The van der Waals surface area contributed by atoms with Gasteiger partial charge in [-0.2, -0.15) is 0 Å². The molecule has 7 nitrogen and oxygen atoms in total. The van der Waals surface area contributed by atoms with Gasteiger partial charge in [0.25, 0.3) is 5.91 Å². The summed E-state index contributed by atoms with van der Waals surface area (Å²) in [6.45, 7) is 7.10. The van der Waals surface area contributed by atoms with Crippen LogP contribution in [0.5, 0.6) is 0 Å². The first-order valence-electron chi connectivity index (χ1n) is 12.0. The predicted molar refractivity (Wildman–Crippen MR) is 135 cm³/mol. The number of hydrogen-bond acceptors (Lipinski definition) is 4. The predicted octanol–water partition coefficient (Wildman–Crippen LogP) is 3.26. The van der Waals surface area contributed by atoms with E-state index in [1.54, 1.807) is 11.8 Å². The number of aryl methyl sites for hydroxylation is 1. The number of hydrogen-bond donors (Lipinski definition) is 1. The SMILES string of the molecule is Cc1ccccc1CN1CCN(C(=O)CN2C(=O)N[C@](C)(c3ccc4ccccc4c3)C2=O)CC1. The summed E-state index contributed by atoms with van der Waals surface area (Å²) in [5.74, 6) is -0.601. The molecule has 2 heterocycles. The number of imide groups is 1. The molecule has 3 aromatic rings. The van der Waals surface area contributed by atoms with Gasteiger partial charge in [-0.05, 0) is 47.4 Å². The van der Waals surface area contributed by atoms with Crippen molar-refractivity contribution in [1.82, 2.24) is 20.0 Å². The number of fused-ring (bicyclic) bond motifs is 1. The van der Waals surface area contributed by atoms with Crippen molar-refractivity contribution in [3.63, 3.8) is 0 Å². The number of nitrogens with zero attached hydrogens (tertiary/aromatic N) is 3. The summed E-state index contributed by atoms with van der Waals surface area (Å²) in [5, 5.41) is 4.87. The smallest absolute Gasteiger partial charge is 0.325 e. The highest BCUT2D eigenvalue weighted by Crippen LogP contribution is 2.31. The first-order valence-corrected chi connectivity index (χ1v) is 12.0. The molecular formula is C28H30N4O3. The van der Waals surface area contributed by atoms with Crippen molar-refractivity contribution in [3.8, 4) is 0 Å². The van der Waals surface area contributed by atoms with Gasteiger partial charge in [0.2, 0.25) is 5.91 Å². The van der Waals surface area contributed by atoms with Crippen molar-refractivity contribution in [3.05, 3.63) is 83.4 Å². The third-order valence-corrected chi connectivity index (χ3v) is 7.28. The largest absolute Gasteiger partial charge is 0.339 e. The lowest BCUT2D eigenvalue weighted by Crippen LogP contribution is -2.51. The zero-order valence-electron chi connectivity index (χ0n) is 20.2. The number of urea groups is 1. The minimum absolute atomic E-state index is 0.202. The fourth-order valence-electron chi connectivity index (χ4n) is 4.96. The van der Waals surface area contributed by atoms with E-state index in [4.69, 9.17) is 0 Å². The quantitative estimate of drug-likeness (QED) is 0.581. The van der Waals surface area contributed by atoms with E-state index in [0.29, 0.717) is 18.7 Å². The molecule has 1 N–H and O–H groups in total. The lowest BCUT2D eigenvalue weighted by molar-refractivity contribution is -0.139. The highest BCUT2D eigenvalue weighted by Gasteiger charge is 2.49. The Hall–Kier alpha value is -3.71. The molecule has 0 unspecified atom stereocenters. The summed E-state index contributed by atoms with van der Waals surface area (Å²) in [7, 11) is 0. The summed E-state index contributed by atoms with van der Waals surface area (Å²) < 4.78 is 0. The fourth-order valence-corrected chi connectivity index (χ4v) is 4.96. The third kappa shape index (κ3) is 4.39. The van der Waals surface area contributed by atoms with Crippen LogP contribution in [0.25, 0.3) is 10.8 Å². The Morgan fingerprint density at radius 1 is 0.914 bits per heavy atom. The Morgan fingerprint density at radius 2 is 1.60 bits per heavy atom. The van der Waals surface area contributed by atoms with E-state index in [-0.39, 0.29) is 12.5 Å². The maximum absolute atomic E-state index is 13.3. The molecule has 0 spiro atoms. The number of benzene rings is 3. The first-order chi connectivity index (χ1) is 16.8. The van der Waals surface area contributed by atoms with Gasteiger partial charge in [0.05, 0.1) is 0 Å². The van der Waals surface area contributed by atoms with Crippen LogP contribution in [0.1, 0.15) is 23.6 Å². The first kappa shape index (κ1) is 23.1. The van der Waals surface area contributed by atoms with Gasteiger partial charge in [-0.25, -0.2) is 4.79 Å². The number of carbonyl (C=O) groups excluding carboxylic acids is 3. The van der Waals surface area contributed by atoms with E-state index < -0.39 is 17.5 Å². The van der Waals surface area contributed by atoms with E-state index in [0.717, 1.165) is 35.3 Å². The Morgan fingerprint density at radius 3 is 2.34 bits per heavy atom. The second-order valence-electron chi connectivity index (χ2n) is 9.59. The average Bonchev–Trinajstić information content (AvgIpc) is 3.09. The van der Waals surface area contributed by atoms with E-state index in [2.05, 4.69) is 29.3 Å². The normalized spacial score (nSPS) is 21.0. The van der Waals surface area contributed by atoms with Crippen molar-refractivity contribution < 1.29 is 14.4 Å². The van der Waals surface area contributed by atoms with E-state index in [1.165, 1.54) is 11.1 Å². The molecule has 0 aromatic heterocycles. The Balaban J connectivity index is 1.22. The minimum atomic E-state index is -1.20. The molecule has 0 aliphatic carbocycles. The van der Waals surface area contributed by atoms with Crippen molar-refractivity contribution in [2.75, 3.05) is 32.7 Å². The Bertz CT molecular complexity index is 1300. The molecule has 2 aliphatic rings. The molecule has 4 amide bonds. The third-order valence-electron chi connectivity index (χ3n) is 7.28. The van der Waals surface area contributed by atoms with E-state index in [1.807, 2.05) is 54.6 Å². The second-order valence-corrected chi connectivity index (χ2v) is 9.59. The maximum atomic E-state index is 13.3. The van der Waals surface area contributed by atoms with Crippen molar-refractivity contribution in [2.24, 2.45) is 0 Å². The number of carbonyl (C=O) groups is 3. The highest BCUT2D eigenvalue weighted by atomic mass is 16.2. The summed E-state index contributed by atoms with van der Waals surface area (Å²) in [4.78, 5) is 44.3. The van der Waals surface area contributed by atoms with Gasteiger partial charge in [-0.15, -0.1) is 0 Å². The summed E-state index contributed by atoms with van der Waals surface area (Å²) >= 11 is 0. The van der Waals surface area contributed by atoms with Crippen molar-refractivity contribution >= 4 is 28.6 Å². The van der Waals surface area contributed by atoms with Crippen LogP contribution in [0.3, 0.4) is 0 Å². The number of nitrogens with one attached hydrogen (secondary N) is 1. The molecule has 1 atom stereocenters. The molecule has 2 fully saturated rings. The second kappa shape index (κ2) is 9.15. The van der Waals surface area contributed by atoms with E-state index in [9.17, 15) is 14.4 Å². The summed E-state index contributed by atoms with van der Waals surface area (Å²) in [6.07, 6.45) is 0. The van der Waals surface area contributed by atoms with Crippen LogP contribution in [0, 0.1) is 6.92 Å². The van der Waals surface area contributed by atoms with Gasteiger partial charge >= 0.3 is 6.03 Å². The monoisotopic (exact) mass is 470 g/mol. The van der Waals surface area contributed by atoms with Crippen LogP contribution in [0.2, 0.25) is 0 Å². The average molecular weight is 471 g/mol. The van der Waals surface area contributed by atoms with Gasteiger partial charge < -0.3 is 10.2 Å². The molecule has 180 valence electrons. The zero-order chi connectivity index (χ0) is 24.6. The van der Waals surface area contributed by atoms with E-state index >= 15 is 0 Å². The number of amides is 4. The van der Waals surface area contributed by atoms with Crippen molar-refractivity contribution in [1.29, 1.82) is 0 Å². The topological polar surface area (TPSA) is 73.0 Å². The molecule has 0 bridgehead atoms. The molecule has 7 heteroatoms. The van der Waals surface area contributed by atoms with Gasteiger partial charge in [0, 0.05) is 32.7 Å². The minimum Gasteiger partial charge on any atom is -0.339 e. The van der Waals surface area contributed by atoms with Crippen LogP contribution in [0.15, 0.2) is 66.7 Å². The summed E-state index contributed by atoms with van der Waals surface area (Å²) in [5.41, 5.74) is 2.06. The van der Waals surface area contributed by atoms with Crippen LogP contribution in [-0.4, -0.2) is 65.3 Å². The van der Waals surface area contributed by atoms with Gasteiger partial charge in [-0.3, -0.25) is 19.4 Å². The zero-order valence-corrected chi connectivity index (χ0v) is 20.2. The van der Waals surface area contributed by atoms with Crippen LogP contribution in [-0.2, 0) is 21.7 Å². The van der Waals surface area contributed by atoms with Crippen LogP contribution < -0.4 is 5.32 Å². The number of piperazine rings is 1. The Labute approximate surface area is 205 Å². The molecule has 2 aliphatic heterocycles. The molecular weight excluding hydrogens is 440 g/mol. The van der Waals surface area contributed by atoms with Crippen LogP contribution in [0.4, 0.5) is 4.79 Å². The lowest BCUT2D eigenvalue weighted by atomic mass is 9.90. The molecule has 5 rings (SSSR count). The highest BCUT2D eigenvalue weighted by molar-refractivity contribution is 6.09.